The lowest BCUT2D eigenvalue weighted by Crippen LogP contribution is -2.41. The fourth-order valence-electron chi connectivity index (χ4n) is 2.36. The molecule has 0 aliphatic heterocycles. The Labute approximate surface area is 182 Å². The first kappa shape index (κ1) is 21.3. The number of aryl methyl sites for hydroxylation is 1. The highest BCUT2D eigenvalue weighted by atomic mass is 79.9. The zero-order valence-electron chi connectivity index (χ0n) is 15.5. The van der Waals surface area contributed by atoms with E-state index in [1.807, 2.05) is 5.43 Å². The van der Waals surface area contributed by atoms with Crippen molar-refractivity contribution < 1.29 is 19.1 Å². The highest BCUT2D eigenvalue weighted by Crippen LogP contribution is 2.22. The van der Waals surface area contributed by atoms with Crippen LogP contribution in [0.2, 0.25) is 5.02 Å². The van der Waals surface area contributed by atoms with Gasteiger partial charge in [-0.1, -0.05) is 11.6 Å². The second-order valence-electron chi connectivity index (χ2n) is 5.63. The van der Waals surface area contributed by atoms with Crippen LogP contribution < -0.4 is 16.2 Å². The lowest BCUT2D eigenvalue weighted by molar-refractivity contribution is 0.0921. The Morgan fingerprint density at radius 1 is 1.23 bits per heavy atom. The fraction of sp³-hybridized carbons (Fsp3) is 0.125. The van der Waals surface area contributed by atoms with E-state index in [1.54, 1.807) is 12.1 Å². The third kappa shape index (κ3) is 4.41. The van der Waals surface area contributed by atoms with Gasteiger partial charge in [-0.3, -0.25) is 19.7 Å². The minimum Gasteiger partial charge on any atom is -0.452 e. The first-order valence-corrected chi connectivity index (χ1v) is 9.33. The second kappa shape index (κ2) is 8.92. The van der Waals surface area contributed by atoms with Crippen molar-refractivity contribution in [1.82, 2.24) is 35.4 Å². The van der Waals surface area contributed by atoms with E-state index in [0.717, 1.165) is 7.11 Å². The lowest BCUT2D eigenvalue weighted by atomic mass is 10.3. The number of methoxy groups -OCH3 is 1. The largest absolute Gasteiger partial charge is 0.452 e. The summed E-state index contributed by atoms with van der Waals surface area (Å²) >= 11 is 9.40. The van der Waals surface area contributed by atoms with Gasteiger partial charge in [0.2, 0.25) is 0 Å². The highest BCUT2D eigenvalue weighted by molar-refractivity contribution is 9.10. The van der Waals surface area contributed by atoms with E-state index in [9.17, 15) is 14.4 Å². The molecule has 3 aromatic rings. The van der Waals surface area contributed by atoms with E-state index < -0.39 is 17.9 Å². The summed E-state index contributed by atoms with van der Waals surface area (Å²) in [5.74, 6) is -0.986. The predicted octanol–water partition coefficient (Wildman–Crippen LogP) is 1.67. The smallest absolute Gasteiger partial charge is 0.425 e. The Balaban J connectivity index is 1.88. The van der Waals surface area contributed by atoms with Crippen LogP contribution >= 0.6 is 27.5 Å². The summed E-state index contributed by atoms with van der Waals surface area (Å²) in [6.45, 7) is 0. The molecule has 0 fully saturated rings. The minimum atomic E-state index is -0.862. The van der Waals surface area contributed by atoms with Crippen molar-refractivity contribution in [2.75, 3.05) is 12.4 Å². The van der Waals surface area contributed by atoms with Gasteiger partial charge >= 0.3 is 6.09 Å². The number of halogens is 2. The molecule has 0 aliphatic rings. The van der Waals surface area contributed by atoms with Gasteiger partial charge in [0.15, 0.2) is 5.82 Å². The summed E-state index contributed by atoms with van der Waals surface area (Å²) < 4.78 is 7.30. The molecule has 3 heterocycles. The number of nitrogens with zero attached hydrogens (tertiary/aromatic N) is 5. The highest BCUT2D eigenvalue weighted by Gasteiger charge is 2.23. The number of pyridine rings is 1. The van der Waals surface area contributed by atoms with E-state index >= 15 is 0 Å². The van der Waals surface area contributed by atoms with Crippen LogP contribution in [-0.4, -0.2) is 49.6 Å². The number of hydrogen-bond donors (Lipinski definition) is 3. The van der Waals surface area contributed by atoms with Gasteiger partial charge in [0.05, 0.1) is 18.3 Å². The Bertz CT molecular complexity index is 1130. The number of aromatic nitrogens is 5. The maximum Gasteiger partial charge on any atom is 0.425 e. The molecule has 156 valence electrons. The number of anilines is 1. The summed E-state index contributed by atoms with van der Waals surface area (Å²) in [6, 6.07) is 4.72. The van der Waals surface area contributed by atoms with Crippen LogP contribution in [0.1, 0.15) is 20.8 Å². The lowest BCUT2D eigenvalue weighted by Gasteiger charge is -2.11. The van der Waals surface area contributed by atoms with Crippen molar-refractivity contribution in [3.63, 3.8) is 0 Å². The molecule has 0 aromatic carbocycles. The number of rotatable bonds is 4. The van der Waals surface area contributed by atoms with E-state index in [4.69, 9.17) is 11.6 Å². The molecule has 0 saturated heterocycles. The number of carbonyl (C=O) groups excluding carboxylic acids is 3. The van der Waals surface area contributed by atoms with Crippen molar-refractivity contribution in [1.29, 1.82) is 0 Å². The molecule has 3 amide bonds. The third-order valence-electron chi connectivity index (χ3n) is 3.73. The van der Waals surface area contributed by atoms with Gasteiger partial charge in [0.1, 0.15) is 21.7 Å². The van der Waals surface area contributed by atoms with Crippen LogP contribution in [0.15, 0.2) is 35.2 Å². The molecule has 3 aromatic heterocycles. The van der Waals surface area contributed by atoms with Crippen molar-refractivity contribution in [2.45, 2.75) is 0 Å². The van der Waals surface area contributed by atoms with Crippen LogP contribution in [0.3, 0.4) is 0 Å². The van der Waals surface area contributed by atoms with Gasteiger partial charge in [0, 0.05) is 19.3 Å². The Morgan fingerprint density at radius 3 is 2.70 bits per heavy atom. The quantitative estimate of drug-likeness (QED) is 0.465. The van der Waals surface area contributed by atoms with Gasteiger partial charge < -0.3 is 10.1 Å². The first-order valence-electron chi connectivity index (χ1n) is 8.16. The summed E-state index contributed by atoms with van der Waals surface area (Å²) in [5.41, 5.74) is 4.29. The normalized spacial score (nSPS) is 10.4. The average molecular weight is 498 g/mol. The monoisotopic (exact) mass is 496 g/mol. The fourth-order valence-corrected chi connectivity index (χ4v) is 2.94. The van der Waals surface area contributed by atoms with Crippen molar-refractivity contribution >= 4 is 51.3 Å². The van der Waals surface area contributed by atoms with E-state index in [1.165, 1.54) is 34.9 Å². The summed E-state index contributed by atoms with van der Waals surface area (Å²) in [5, 5.41) is 11.0. The predicted molar refractivity (Wildman–Crippen MR) is 108 cm³/mol. The van der Waals surface area contributed by atoms with E-state index in [-0.39, 0.29) is 27.9 Å². The molecular formula is C16H14BrClN8O4. The zero-order chi connectivity index (χ0) is 21.8. The molecule has 3 N–H and O–H groups in total. The Morgan fingerprint density at radius 2 is 2.00 bits per heavy atom. The molecule has 0 unspecified atom stereocenters. The second-order valence-corrected chi connectivity index (χ2v) is 6.85. The van der Waals surface area contributed by atoms with Gasteiger partial charge in [-0.2, -0.15) is 10.2 Å². The topological polar surface area (TPSA) is 145 Å². The van der Waals surface area contributed by atoms with Gasteiger partial charge in [0.25, 0.3) is 11.8 Å². The van der Waals surface area contributed by atoms with Gasteiger partial charge in [-0.15, -0.1) is 0 Å². The molecule has 0 bridgehead atoms. The molecule has 0 spiro atoms. The summed E-state index contributed by atoms with van der Waals surface area (Å²) in [7, 11) is 2.68. The Hall–Kier alpha value is -3.45. The summed E-state index contributed by atoms with van der Waals surface area (Å²) in [6.07, 6.45) is 1.88. The van der Waals surface area contributed by atoms with Crippen LogP contribution in [0, 0.1) is 0 Å². The van der Waals surface area contributed by atoms with Crippen molar-refractivity contribution in [3.05, 3.63) is 51.5 Å². The molecular weight excluding hydrogens is 484 g/mol. The Kier molecular flexibility index (Phi) is 6.32. The SMILES string of the molecule is COC(=O)NNC(=O)c1cnn(C)c1NC(=O)c1cc(Br)nn1-c1ncccc1Cl. The third-order valence-corrected chi connectivity index (χ3v) is 4.41. The molecule has 3 rings (SSSR count). The van der Waals surface area contributed by atoms with E-state index in [2.05, 4.69) is 46.6 Å². The van der Waals surface area contributed by atoms with Crippen LogP contribution in [-0.2, 0) is 11.8 Å². The molecule has 14 heteroatoms. The van der Waals surface area contributed by atoms with Crippen molar-refractivity contribution in [2.24, 2.45) is 7.05 Å². The number of hydrogen-bond acceptors (Lipinski definition) is 7. The average Bonchev–Trinajstić information content (AvgIpc) is 3.29. The van der Waals surface area contributed by atoms with Crippen LogP contribution in [0.4, 0.5) is 10.6 Å². The van der Waals surface area contributed by atoms with Crippen LogP contribution in [0.5, 0.6) is 0 Å². The molecule has 0 saturated carbocycles. The van der Waals surface area contributed by atoms with Crippen molar-refractivity contribution in [3.8, 4) is 5.82 Å². The van der Waals surface area contributed by atoms with E-state index in [0.29, 0.717) is 4.60 Å². The minimum absolute atomic E-state index is 0.00301. The molecule has 12 nitrogen and oxygen atoms in total. The number of amides is 3. The van der Waals surface area contributed by atoms with Gasteiger partial charge in [-0.05, 0) is 28.1 Å². The number of carbonyl (C=O) groups is 3. The maximum absolute atomic E-state index is 12.9. The molecule has 0 atom stereocenters. The molecule has 0 radical (unpaired) electrons. The zero-order valence-corrected chi connectivity index (χ0v) is 17.9. The molecule has 30 heavy (non-hydrogen) atoms. The number of hydrazine groups is 1. The maximum atomic E-state index is 12.9. The van der Waals surface area contributed by atoms with Crippen LogP contribution in [0.25, 0.3) is 5.82 Å². The summed E-state index contributed by atoms with van der Waals surface area (Å²) in [4.78, 5) is 40.5. The standard InChI is InChI=1S/C16H14BrClN8O4/c1-25-12(8(7-20-25)14(27)22-23-16(29)30-2)21-15(28)10-6-11(17)24-26(10)13-9(18)4-3-5-19-13/h3-7H,1-2H3,(H,21,28)(H,22,27)(H,23,29). The van der Waals surface area contributed by atoms with Gasteiger partial charge in [-0.25, -0.2) is 19.9 Å². The molecule has 0 aliphatic carbocycles. The first-order chi connectivity index (χ1) is 14.3. The number of ether oxygens (including phenoxy) is 1. The number of nitrogens with one attached hydrogen (secondary N) is 3.